The van der Waals surface area contributed by atoms with E-state index in [-0.39, 0.29) is 11.8 Å². The number of hydrogen-bond acceptors (Lipinski definition) is 4. The molecule has 1 aromatic rings. The number of aromatic nitrogens is 2. The average Bonchev–Trinajstić information content (AvgIpc) is 2.82. The van der Waals surface area contributed by atoms with Crippen molar-refractivity contribution in [3.05, 3.63) is 17.7 Å². The highest BCUT2D eigenvalue weighted by molar-refractivity contribution is 6.27. The van der Waals surface area contributed by atoms with Gasteiger partial charge in [0.05, 0.1) is 31.4 Å². The van der Waals surface area contributed by atoms with Gasteiger partial charge in [-0.25, -0.2) is 9.78 Å². The number of H-pyrrole nitrogens is 1. The normalized spacial score (nSPS) is 18.7. The molecule has 6 nitrogen and oxygen atoms in total. The second kappa shape index (κ2) is 4.75. The smallest absolute Gasteiger partial charge is 0.329 e. The lowest BCUT2D eigenvalue weighted by molar-refractivity contribution is -0.153. The summed E-state index contributed by atoms with van der Waals surface area (Å²) in [7, 11) is 1.30. The van der Waals surface area contributed by atoms with Crippen molar-refractivity contribution in [2.24, 2.45) is 0 Å². The van der Waals surface area contributed by atoms with Gasteiger partial charge in [0.1, 0.15) is 11.9 Å². The molecule has 0 bridgehead atoms. The molecule has 0 saturated carbocycles. The standard InChI is InChI=1S/C10H12ClN3O3/c1-17-10(16)8-2-6-7(13-5-12-6)4-14(8)9(15)3-11/h5,8H,2-4H2,1H3,(H,12,13). The van der Waals surface area contributed by atoms with Gasteiger partial charge in [-0.05, 0) is 0 Å². The zero-order valence-corrected chi connectivity index (χ0v) is 10.0. The summed E-state index contributed by atoms with van der Waals surface area (Å²) < 4.78 is 4.69. The van der Waals surface area contributed by atoms with E-state index >= 15 is 0 Å². The third-order valence-electron chi connectivity index (χ3n) is 2.81. The van der Waals surface area contributed by atoms with Gasteiger partial charge in [0.15, 0.2) is 0 Å². The van der Waals surface area contributed by atoms with Gasteiger partial charge in [-0.1, -0.05) is 0 Å². The Morgan fingerprint density at radius 1 is 1.71 bits per heavy atom. The summed E-state index contributed by atoms with van der Waals surface area (Å²) in [5.74, 6) is -0.892. The number of ether oxygens (including phenoxy) is 1. The largest absolute Gasteiger partial charge is 0.467 e. The van der Waals surface area contributed by atoms with Crippen LogP contribution in [0.5, 0.6) is 0 Å². The van der Waals surface area contributed by atoms with Crippen LogP contribution in [0.4, 0.5) is 0 Å². The molecule has 0 aromatic carbocycles. The summed E-state index contributed by atoms with van der Waals surface area (Å²) in [6.45, 7) is 0.306. The monoisotopic (exact) mass is 257 g/mol. The quantitative estimate of drug-likeness (QED) is 0.601. The van der Waals surface area contributed by atoms with Gasteiger partial charge in [0.25, 0.3) is 0 Å². The van der Waals surface area contributed by atoms with Gasteiger partial charge in [0.2, 0.25) is 5.91 Å². The van der Waals surface area contributed by atoms with Crippen molar-refractivity contribution in [1.29, 1.82) is 0 Å². The molecule has 1 amide bonds. The van der Waals surface area contributed by atoms with Crippen molar-refractivity contribution in [3.63, 3.8) is 0 Å². The lowest BCUT2D eigenvalue weighted by atomic mass is 10.0. The van der Waals surface area contributed by atoms with E-state index in [1.54, 1.807) is 6.33 Å². The molecular weight excluding hydrogens is 246 g/mol. The van der Waals surface area contributed by atoms with Crippen LogP contribution >= 0.6 is 11.6 Å². The van der Waals surface area contributed by atoms with E-state index in [1.807, 2.05) is 0 Å². The van der Waals surface area contributed by atoms with Crippen LogP contribution in [0.2, 0.25) is 0 Å². The Hall–Kier alpha value is -1.56. The third-order valence-corrected chi connectivity index (χ3v) is 3.04. The van der Waals surface area contributed by atoms with E-state index in [4.69, 9.17) is 16.3 Å². The lowest BCUT2D eigenvalue weighted by Gasteiger charge is -2.32. The molecular formula is C10H12ClN3O3. The Morgan fingerprint density at radius 2 is 2.47 bits per heavy atom. The highest BCUT2D eigenvalue weighted by atomic mass is 35.5. The SMILES string of the molecule is COC(=O)C1Cc2nc[nH]c2CN1C(=O)CCl. The van der Waals surface area contributed by atoms with Crippen molar-refractivity contribution >= 4 is 23.5 Å². The number of carbonyl (C=O) groups excluding carboxylic acids is 2. The van der Waals surface area contributed by atoms with E-state index in [2.05, 4.69) is 9.97 Å². The number of hydrogen-bond donors (Lipinski definition) is 1. The number of rotatable bonds is 2. The predicted molar refractivity (Wildman–Crippen MR) is 59.4 cm³/mol. The molecule has 1 unspecified atom stereocenters. The van der Waals surface area contributed by atoms with Gasteiger partial charge in [0, 0.05) is 6.42 Å². The van der Waals surface area contributed by atoms with E-state index in [0.29, 0.717) is 13.0 Å². The Bertz CT molecular complexity index is 407. The third kappa shape index (κ3) is 2.12. The minimum atomic E-state index is -0.637. The molecule has 0 spiro atoms. The Morgan fingerprint density at radius 3 is 3.12 bits per heavy atom. The molecule has 1 aromatic heterocycles. The summed E-state index contributed by atoms with van der Waals surface area (Å²) >= 11 is 5.53. The molecule has 1 aliphatic heterocycles. The summed E-state index contributed by atoms with van der Waals surface area (Å²) in [4.78, 5) is 31.8. The number of nitrogens with one attached hydrogen (secondary N) is 1. The average molecular weight is 258 g/mol. The first-order valence-corrected chi connectivity index (χ1v) is 5.65. The van der Waals surface area contributed by atoms with Crippen LogP contribution in [-0.2, 0) is 27.3 Å². The highest BCUT2D eigenvalue weighted by Gasteiger charge is 2.36. The number of imidazole rings is 1. The van der Waals surface area contributed by atoms with Gasteiger partial charge in [-0.3, -0.25) is 4.79 Å². The fraction of sp³-hybridized carbons (Fsp3) is 0.500. The van der Waals surface area contributed by atoms with E-state index in [1.165, 1.54) is 12.0 Å². The van der Waals surface area contributed by atoms with Crippen LogP contribution in [0.3, 0.4) is 0 Å². The first kappa shape index (κ1) is 11.9. The van der Waals surface area contributed by atoms with Gasteiger partial charge in [-0.15, -0.1) is 11.6 Å². The number of halogens is 1. The molecule has 2 heterocycles. The van der Waals surface area contributed by atoms with E-state index in [9.17, 15) is 9.59 Å². The van der Waals surface area contributed by atoms with E-state index in [0.717, 1.165) is 11.4 Å². The number of esters is 1. The molecule has 0 saturated heterocycles. The first-order valence-electron chi connectivity index (χ1n) is 5.11. The summed E-state index contributed by atoms with van der Waals surface area (Å²) in [5.41, 5.74) is 1.63. The summed E-state index contributed by atoms with van der Waals surface area (Å²) in [6, 6.07) is -0.637. The molecule has 1 N–H and O–H groups in total. The number of carbonyl (C=O) groups is 2. The number of aromatic amines is 1. The maximum Gasteiger partial charge on any atom is 0.329 e. The summed E-state index contributed by atoms with van der Waals surface area (Å²) in [6.07, 6.45) is 1.90. The second-order valence-electron chi connectivity index (χ2n) is 3.73. The Labute approximate surface area is 103 Å². The second-order valence-corrected chi connectivity index (χ2v) is 3.99. The number of methoxy groups -OCH3 is 1. The number of nitrogens with zero attached hydrogens (tertiary/aromatic N) is 2. The molecule has 0 aliphatic carbocycles. The van der Waals surface area contributed by atoms with Crippen molar-refractivity contribution in [2.45, 2.75) is 19.0 Å². The van der Waals surface area contributed by atoms with Crippen LogP contribution < -0.4 is 0 Å². The van der Waals surface area contributed by atoms with Crippen molar-refractivity contribution in [2.75, 3.05) is 13.0 Å². The molecule has 7 heteroatoms. The van der Waals surface area contributed by atoms with Crippen LogP contribution in [-0.4, -0.2) is 45.8 Å². The zero-order valence-electron chi connectivity index (χ0n) is 9.27. The topological polar surface area (TPSA) is 75.3 Å². The van der Waals surface area contributed by atoms with Gasteiger partial charge in [-0.2, -0.15) is 0 Å². The maximum atomic E-state index is 11.7. The molecule has 2 rings (SSSR count). The zero-order chi connectivity index (χ0) is 12.4. The van der Waals surface area contributed by atoms with Crippen LogP contribution in [0.25, 0.3) is 0 Å². The minimum Gasteiger partial charge on any atom is -0.467 e. The maximum absolute atomic E-state index is 11.7. The number of alkyl halides is 1. The molecule has 92 valence electrons. The van der Waals surface area contributed by atoms with E-state index < -0.39 is 12.0 Å². The highest BCUT2D eigenvalue weighted by Crippen LogP contribution is 2.21. The van der Waals surface area contributed by atoms with Gasteiger partial charge >= 0.3 is 5.97 Å². The molecule has 1 aliphatic rings. The summed E-state index contributed by atoms with van der Waals surface area (Å²) in [5, 5.41) is 0. The lowest BCUT2D eigenvalue weighted by Crippen LogP contribution is -2.49. The number of fused-ring (bicyclic) bond motifs is 1. The van der Waals surface area contributed by atoms with Gasteiger partial charge < -0.3 is 14.6 Å². The van der Waals surface area contributed by atoms with Crippen LogP contribution in [0.15, 0.2) is 6.33 Å². The fourth-order valence-corrected chi connectivity index (χ4v) is 2.07. The predicted octanol–water partition coefficient (Wildman–Crippen LogP) is 0.0748. The fourth-order valence-electron chi connectivity index (χ4n) is 1.92. The van der Waals surface area contributed by atoms with Crippen LogP contribution in [0.1, 0.15) is 11.4 Å². The Kier molecular flexibility index (Phi) is 3.33. The molecule has 17 heavy (non-hydrogen) atoms. The van der Waals surface area contributed by atoms with Crippen molar-refractivity contribution in [3.8, 4) is 0 Å². The molecule has 1 atom stereocenters. The minimum absolute atomic E-state index is 0.156. The van der Waals surface area contributed by atoms with Crippen molar-refractivity contribution < 1.29 is 14.3 Å². The number of amides is 1. The first-order chi connectivity index (χ1) is 8.17. The van der Waals surface area contributed by atoms with Crippen molar-refractivity contribution in [1.82, 2.24) is 14.9 Å². The molecule has 0 fully saturated rings. The Balaban J connectivity index is 2.29. The van der Waals surface area contributed by atoms with Crippen LogP contribution in [0, 0.1) is 0 Å². The molecule has 0 radical (unpaired) electrons.